The average Bonchev–Trinajstić information content (AvgIpc) is 2.93. The van der Waals surface area contributed by atoms with Gasteiger partial charge < -0.3 is 14.8 Å². The van der Waals surface area contributed by atoms with Gasteiger partial charge >= 0.3 is 0 Å². The van der Waals surface area contributed by atoms with Crippen LogP contribution in [-0.4, -0.2) is 71.2 Å². The lowest BCUT2D eigenvalue weighted by Crippen LogP contribution is -2.60. The van der Waals surface area contributed by atoms with Gasteiger partial charge in [-0.2, -0.15) is 8.61 Å². The fraction of sp³-hybridized carbons (Fsp3) is 0.240. The van der Waals surface area contributed by atoms with Crippen LogP contribution in [-0.2, 0) is 24.8 Å². The van der Waals surface area contributed by atoms with Gasteiger partial charge in [0, 0.05) is 31.4 Å². The summed E-state index contributed by atoms with van der Waals surface area (Å²) in [5.41, 5.74) is 0.336. The number of benzene rings is 3. The number of methoxy groups -OCH3 is 2. The summed E-state index contributed by atoms with van der Waals surface area (Å²) in [7, 11) is -5.13. The second-order valence-corrected chi connectivity index (χ2v) is 12.0. The molecule has 0 spiro atoms. The summed E-state index contributed by atoms with van der Waals surface area (Å²) in [4.78, 5) is 13.6. The minimum atomic E-state index is -4.10. The normalized spacial score (nSPS) is 17.2. The van der Waals surface area contributed by atoms with Gasteiger partial charge in [-0.3, -0.25) is 4.79 Å². The molecule has 0 aromatic heterocycles. The zero-order chi connectivity index (χ0) is 26.6. The smallest absolute Gasteiger partial charge is 0.244 e. The van der Waals surface area contributed by atoms with E-state index in [2.05, 4.69) is 5.32 Å². The maximum atomic E-state index is 13.5. The molecule has 1 fully saturated rings. The third-order valence-electron chi connectivity index (χ3n) is 5.98. The lowest BCUT2D eigenvalue weighted by molar-refractivity contribution is -0.120. The molecule has 1 aliphatic heterocycles. The van der Waals surface area contributed by atoms with Gasteiger partial charge in [0.2, 0.25) is 26.0 Å². The van der Waals surface area contributed by atoms with E-state index in [0.717, 1.165) is 8.61 Å². The number of sulfonamides is 2. The van der Waals surface area contributed by atoms with Crippen LogP contribution in [0.1, 0.15) is 0 Å². The quantitative estimate of drug-likeness (QED) is 0.461. The largest absolute Gasteiger partial charge is 0.493 e. The third-order valence-corrected chi connectivity index (χ3v) is 9.78. The molecule has 0 aliphatic carbocycles. The molecule has 0 bridgehead atoms. The van der Waals surface area contributed by atoms with Gasteiger partial charge in [0.1, 0.15) is 6.04 Å². The summed E-state index contributed by atoms with van der Waals surface area (Å²) in [5, 5.41) is 2.70. The Hall–Kier alpha value is -3.45. The van der Waals surface area contributed by atoms with Crippen molar-refractivity contribution in [2.75, 3.05) is 39.2 Å². The molecule has 37 heavy (non-hydrogen) atoms. The van der Waals surface area contributed by atoms with E-state index in [1.807, 2.05) is 0 Å². The summed E-state index contributed by atoms with van der Waals surface area (Å²) >= 11 is 0. The van der Waals surface area contributed by atoms with E-state index in [1.165, 1.54) is 44.6 Å². The molecule has 12 heteroatoms. The van der Waals surface area contributed by atoms with Crippen molar-refractivity contribution in [3.8, 4) is 11.5 Å². The number of rotatable bonds is 8. The van der Waals surface area contributed by atoms with Gasteiger partial charge in [-0.1, -0.05) is 36.4 Å². The lowest BCUT2D eigenvalue weighted by Gasteiger charge is -2.38. The summed E-state index contributed by atoms with van der Waals surface area (Å²) in [5.74, 6) is 0.136. The van der Waals surface area contributed by atoms with Crippen LogP contribution in [0.5, 0.6) is 11.5 Å². The maximum absolute atomic E-state index is 13.5. The van der Waals surface area contributed by atoms with Crippen molar-refractivity contribution in [1.82, 2.24) is 8.61 Å². The minimum Gasteiger partial charge on any atom is -0.493 e. The Labute approximate surface area is 216 Å². The van der Waals surface area contributed by atoms with Crippen molar-refractivity contribution in [1.29, 1.82) is 0 Å². The van der Waals surface area contributed by atoms with Crippen molar-refractivity contribution in [3.63, 3.8) is 0 Å². The Balaban J connectivity index is 1.69. The highest BCUT2D eigenvalue weighted by Crippen LogP contribution is 2.31. The van der Waals surface area contributed by atoms with Crippen molar-refractivity contribution >= 4 is 31.6 Å². The molecule has 1 unspecified atom stereocenters. The number of carbonyl (C=O) groups excluding carboxylic acids is 1. The second-order valence-electron chi connectivity index (χ2n) is 8.18. The van der Waals surface area contributed by atoms with E-state index < -0.39 is 32.0 Å². The predicted molar refractivity (Wildman–Crippen MR) is 137 cm³/mol. The van der Waals surface area contributed by atoms with E-state index in [-0.39, 0.29) is 29.4 Å². The SMILES string of the molecule is COc1ccc(NC(=O)C2CN(S(=O)(=O)c3ccccc3)CCN2S(=O)(=O)c2ccccc2)cc1OC. The lowest BCUT2D eigenvalue weighted by atomic mass is 10.2. The van der Waals surface area contributed by atoms with Gasteiger partial charge in [-0.05, 0) is 36.4 Å². The summed E-state index contributed by atoms with van der Waals surface area (Å²) < 4.78 is 66.3. The molecule has 1 aliphatic rings. The number of amides is 1. The Kier molecular flexibility index (Phi) is 7.83. The summed E-state index contributed by atoms with van der Waals surface area (Å²) in [6.45, 7) is -0.668. The highest BCUT2D eigenvalue weighted by Gasteiger charge is 2.43. The third kappa shape index (κ3) is 5.47. The maximum Gasteiger partial charge on any atom is 0.244 e. The number of hydrogen-bond acceptors (Lipinski definition) is 7. The van der Waals surface area contributed by atoms with Crippen LogP contribution in [0.2, 0.25) is 0 Å². The van der Waals surface area contributed by atoms with E-state index in [4.69, 9.17) is 9.47 Å². The van der Waals surface area contributed by atoms with Gasteiger partial charge in [0.05, 0.1) is 24.0 Å². The van der Waals surface area contributed by atoms with Crippen LogP contribution >= 0.6 is 0 Å². The number of carbonyl (C=O) groups is 1. The monoisotopic (exact) mass is 545 g/mol. The fourth-order valence-corrected chi connectivity index (χ4v) is 7.12. The van der Waals surface area contributed by atoms with Crippen molar-refractivity contribution in [2.24, 2.45) is 0 Å². The van der Waals surface area contributed by atoms with Crippen LogP contribution < -0.4 is 14.8 Å². The Morgan fingerprint density at radius 1 is 0.784 bits per heavy atom. The number of ether oxygens (including phenoxy) is 2. The molecule has 1 heterocycles. The van der Waals surface area contributed by atoms with Gasteiger partial charge in [-0.25, -0.2) is 16.8 Å². The van der Waals surface area contributed by atoms with Gasteiger partial charge in [0.25, 0.3) is 0 Å². The Morgan fingerprint density at radius 3 is 1.92 bits per heavy atom. The first-order chi connectivity index (χ1) is 17.7. The van der Waals surface area contributed by atoms with E-state index in [9.17, 15) is 21.6 Å². The summed E-state index contributed by atoms with van der Waals surface area (Å²) in [6, 6.07) is 18.9. The molecule has 3 aromatic rings. The molecule has 0 radical (unpaired) electrons. The van der Waals surface area contributed by atoms with E-state index in [1.54, 1.807) is 48.5 Å². The first-order valence-corrected chi connectivity index (χ1v) is 14.2. The molecule has 0 saturated carbocycles. The van der Waals surface area contributed by atoms with Crippen LogP contribution in [0, 0.1) is 0 Å². The number of hydrogen-bond donors (Lipinski definition) is 1. The number of nitrogens with zero attached hydrogens (tertiary/aromatic N) is 2. The average molecular weight is 546 g/mol. The molecular formula is C25H27N3O7S2. The summed E-state index contributed by atoms with van der Waals surface area (Å²) in [6.07, 6.45) is 0. The van der Waals surface area contributed by atoms with Crippen molar-refractivity contribution in [2.45, 2.75) is 15.8 Å². The van der Waals surface area contributed by atoms with Crippen LogP contribution in [0.3, 0.4) is 0 Å². The van der Waals surface area contributed by atoms with Crippen LogP contribution in [0.25, 0.3) is 0 Å². The number of piperazine rings is 1. The van der Waals surface area contributed by atoms with E-state index >= 15 is 0 Å². The first-order valence-electron chi connectivity index (χ1n) is 11.3. The van der Waals surface area contributed by atoms with Crippen LogP contribution in [0.15, 0.2) is 88.7 Å². The van der Waals surface area contributed by atoms with Gasteiger partial charge in [0.15, 0.2) is 11.5 Å². The molecule has 4 rings (SSSR count). The zero-order valence-electron chi connectivity index (χ0n) is 20.3. The van der Waals surface area contributed by atoms with E-state index in [0.29, 0.717) is 17.2 Å². The molecule has 196 valence electrons. The molecule has 10 nitrogen and oxygen atoms in total. The second kappa shape index (κ2) is 10.9. The molecule has 3 aromatic carbocycles. The Bertz CT molecular complexity index is 1460. The fourth-order valence-electron chi connectivity index (χ4n) is 4.07. The van der Waals surface area contributed by atoms with Gasteiger partial charge in [-0.15, -0.1) is 0 Å². The van der Waals surface area contributed by atoms with Crippen LogP contribution in [0.4, 0.5) is 5.69 Å². The highest BCUT2D eigenvalue weighted by atomic mass is 32.2. The predicted octanol–water partition coefficient (Wildman–Crippen LogP) is 2.41. The highest BCUT2D eigenvalue weighted by molar-refractivity contribution is 7.89. The topological polar surface area (TPSA) is 122 Å². The number of nitrogens with one attached hydrogen (secondary N) is 1. The molecule has 1 amide bonds. The van der Waals surface area contributed by atoms with Crippen molar-refractivity contribution < 1.29 is 31.1 Å². The first kappa shape index (κ1) is 26.6. The standard InChI is InChI=1S/C25H27N3O7S2/c1-34-23-14-13-19(17-24(23)35-2)26-25(29)22-18-27(36(30,31)20-9-5-3-6-10-20)15-16-28(22)37(32,33)21-11-7-4-8-12-21/h3-14,17,22H,15-16,18H2,1-2H3,(H,26,29). The Morgan fingerprint density at radius 2 is 1.35 bits per heavy atom. The molecule has 1 atom stereocenters. The zero-order valence-corrected chi connectivity index (χ0v) is 21.9. The minimum absolute atomic E-state index is 0.0123. The molecular weight excluding hydrogens is 518 g/mol. The molecule has 1 N–H and O–H groups in total. The van der Waals surface area contributed by atoms with Crippen molar-refractivity contribution in [3.05, 3.63) is 78.9 Å². The number of anilines is 1. The molecule has 1 saturated heterocycles.